The highest BCUT2D eigenvalue weighted by atomic mass is 35.5. The van der Waals surface area contributed by atoms with Crippen molar-refractivity contribution in [1.82, 2.24) is 13.6 Å². The molecule has 0 N–H and O–H groups in total. The van der Waals surface area contributed by atoms with Crippen LogP contribution in [0.4, 0.5) is 0 Å². The van der Waals surface area contributed by atoms with Gasteiger partial charge in [0.2, 0.25) is 0 Å². The monoisotopic (exact) mass is 229 g/mol. The zero-order valence-corrected chi connectivity index (χ0v) is 9.61. The van der Waals surface area contributed by atoms with Crippen LogP contribution in [0.15, 0.2) is 6.08 Å². The van der Waals surface area contributed by atoms with Crippen LogP contribution in [-0.2, 0) is 0 Å². The van der Waals surface area contributed by atoms with Crippen molar-refractivity contribution in [3.05, 3.63) is 16.9 Å². The number of likely N-dealkylation sites (N-methyl/N-ethyl adjacent to an activating group) is 1. The first-order chi connectivity index (χ1) is 6.81. The second-order valence-electron chi connectivity index (χ2n) is 3.29. The fourth-order valence-corrected chi connectivity index (χ4v) is 2.41. The van der Waals surface area contributed by atoms with E-state index in [1.54, 1.807) is 0 Å². The van der Waals surface area contributed by atoms with Crippen molar-refractivity contribution in [2.75, 3.05) is 19.6 Å². The van der Waals surface area contributed by atoms with Crippen molar-refractivity contribution in [3.63, 3.8) is 0 Å². The van der Waals surface area contributed by atoms with Crippen molar-refractivity contribution in [3.8, 4) is 0 Å². The Morgan fingerprint density at radius 3 is 3.07 bits per heavy atom. The third kappa shape index (κ3) is 1.97. The molecule has 1 aromatic rings. The summed E-state index contributed by atoms with van der Waals surface area (Å²) >= 11 is 7.12. The number of aromatic nitrogens is 2. The summed E-state index contributed by atoms with van der Waals surface area (Å²) in [4.78, 5) is 2.38. The molecule has 0 fully saturated rings. The normalized spacial score (nSPS) is 18.3. The molecule has 0 bridgehead atoms. The van der Waals surface area contributed by atoms with Gasteiger partial charge in [-0.05, 0) is 18.5 Å². The summed E-state index contributed by atoms with van der Waals surface area (Å²) in [7, 11) is 0. The summed E-state index contributed by atoms with van der Waals surface area (Å²) in [6.45, 7) is 5.33. The third-order valence-electron chi connectivity index (χ3n) is 2.43. The molecule has 2 rings (SSSR count). The molecule has 1 aliphatic heterocycles. The number of hydrogen-bond acceptors (Lipinski definition) is 4. The zero-order chi connectivity index (χ0) is 9.97. The molecule has 0 aromatic carbocycles. The van der Waals surface area contributed by atoms with Gasteiger partial charge in [-0.15, -0.1) is 0 Å². The molecule has 3 nitrogen and oxygen atoms in total. The van der Waals surface area contributed by atoms with Gasteiger partial charge in [0, 0.05) is 13.1 Å². The van der Waals surface area contributed by atoms with Gasteiger partial charge in [-0.3, -0.25) is 4.90 Å². The lowest BCUT2D eigenvalue weighted by Gasteiger charge is -2.24. The van der Waals surface area contributed by atoms with Gasteiger partial charge >= 0.3 is 0 Å². The Balaban J connectivity index is 2.19. The van der Waals surface area contributed by atoms with Crippen molar-refractivity contribution < 1.29 is 0 Å². The van der Waals surface area contributed by atoms with Crippen LogP contribution < -0.4 is 0 Å². The summed E-state index contributed by atoms with van der Waals surface area (Å²) in [6, 6.07) is 0. The number of rotatable bonds is 2. The SMILES string of the molecule is CCN1CCC=C(c2nsnc2Cl)C1. The third-order valence-corrected chi connectivity index (χ3v) is 3.32. The molecular formula is C9H12ClN3S. The summed E-state index contributed by atoms with van der Waals surface area (Å²) in [5.74, 6) is 0. The molecule has 1 aromatic heterocycles. The lowest BCUT2D eigenvalue weighted by Crippen LogP contribution is -2.29. The molecule has 0 spiro atoms. The van der Waals surface area contributed by atoms with Gasteiger partial charge in [0.25, 0.3) is 0 Å². The van der Waals surface area contributed by atoms with E-state index in [1.165, 1.54) is 17.3 Å². The Morgan fingerprint density at radius 1 is 1.57 bits per heavy atom. The van der Waals surface area contributed by atoms with Crippen molar-refractivity contribution in [1.29, 1.82) is 0 Å². The molecule has 0 aliphatic carbocycles. The molecule has 1 aliphatic rings. The van der Waals surface area contributed by atoms with E-state index in [-0.39, 0.29) is 0 Å². The minimum Gasteiger partial charge on any atom is -0.299 e. The Morgan fingerprint density at radius 2 is 2.43 bits per heavy atom. The maximum absolute atomic E-state index is 5.94. The van der Waals surface area contributed by atoms with Crippen LogP contribution in [0.25, 0.3) is 5.57 Å². The second kappa shape index (κ2) is 4.38. The predicted molar refractivity (Wildman–Crippen MR) is 59.6 cm³/mol. The van der Waals surface area contributed by atoms with Gasteiger partial charge in [0.1, 0.15) is 5.69 Å². The van der Waals surface area contributed by atoms with Crippen molar-refractivity contribution >= 4 is 28.9 Å². The van der Waals surface area contributed by atoms with Gasteiger partial charge in [0.15, 0.2) is 5.15 Å². The van der Waals surface area contributed by atoms with Gasteiger partial charge < -0.3 is 0 Å². The molecule has 14 heavy (non-hydrogen) atoms. The number of hydrogen-bond donors (Lipinski definition) is 0. The fraction of sp³-hybridized carbons (Fsp3) is 0.556. The lowest BCUT2D eigenvalue weighted by molar-refractivity contribution is 0.321. The Hall–Kier alpha value is -0.450. The van der Waals surface area contributed by atoms with Crippen LogP contribution in [-0.4, -0.2) is 33.3 Å². The topological polar surface area (TPSA) is 29.0 Å². The quantitative estimate of drug-likeness (QED) is 0.779. The standard InChI is InChI=1S/C9H12ClN3S/c1-2-13-5-3-4-7(6-13)8-9(10)12-14-11-8/h4H,2-3,5-6H2,1H3. The van der Waals surface area contributed by atoms with E-state index in [0.717, 1.165) is 31.7 Å². The molecule has 0 unspecified atom stereocenters. The minimum atomic E-state index is 0.541. The first-order valence-corrected chi connectivity index (χ1v) is 5.82. The van der Waals surface area contributed by atoms with Crippen LogP contribution in [0.5, 0.6) is 0 Å². The van der Waals surface area contributed by atoms with E-state index in [9.17, 15) is 0 Å². The minimum absolute atomic E-state index is 0.541. The number of halogens is 1. The highest BCUT2D eigenvalue weighted by molar-refractivity contribution is 6.99. The molecular weight excluding hydrogens is 218 g/mol. The fourth-order valence-electron chi connectivity index (χ4n) is 1.62. The van der Waals surface area contributed by atoms with Crippen LogP contribution in [0.2, 0.25) is 5.15 Å². The number of nitrogens with zero attached hydrogens (tertiary/aromatic N) is 3. The maximum Gasteiger partial charge on any atom is 0.170 e. The van der Waals surface area contributed by atoms with Gasteiger partial charge in [-0.2, -0.15) is 8.75 Å². The molecule has 76 valence electrons. The first-order valence-electron chi connectivity index (χ1n) is 4.71. The van der Waals surface area contributed by atoms with E-state index >= 15 is 0 Å². The van der Waals surface area contributed by atoms with Crippen molar-refractivity contribution in [2.45, 2.75) is 13.3 Å². The van der Waals surface area contributed by atoms with Crippen LogP contribution in [0.1, 0.15) is 19.0 Å². The lowest BCUT2D eigenvalue weighted by atomic mass is 10.1. The summed E-state index contributed by atoms with van der Waals surface area (Å²) in [5.41, 5.74) is 2.09. The second-order valence-corrected chi connectivity index (χ2v) is 4.18. The molecule has 0 amide bonds. The van der Waals surface area contributed by atoms with Crippen LogP contribution in [0, 0.1) is 0 Å². The van der Waals surface area contributed by atoms with Crippen molar-refractivity contribution in [2.24, 2.45) is 0 Å². The van der Waals surface area contributed by atoms with E-state index in [4.69, 9.17) is 11.6 Å². The maximum atomic E-state index is 5.94. The largest absolute Gasteiger partial charge is 0.299 e. The van der Waals surface area contributed by atoms with E-state index < -0.39 is 0 Å². The Labute approximate surface area is 92.7 Å². The molecule has 0 atom stereocenters. The molecule has 0 radical (unpaired) electrons. The van der Waals surface area contributed by atoms with Crippen LogP contribution in [0.3, 0.4) is 0 Å². The summed E-state index contributed by atoms with van der Waals surface area (Å²) < 4.78 is 8.19. The summed E-state index contributed by atoms with van der Waals surface area (Å²) in [5, 5.41) is 0.541. The van der Waals surface area contributed by atoms with Gasteiger partial charge in [-0.25, -0.2) is 0 Å². The smallest absolute Gasteiger partial charge is 0.170 e. The molecule has 0 saturated heterocycles. The summed E-state index contributed by atoms with van der Waals surface area (Å²) in [6.07, 6.45) is 3.30. The molecule has 0 saturated carbocycles. The van der Waals surface area contributed by atoms with Crippen LogP contribution >= 0.6 is 23.3 Å². The Kier molecular flexibility index (Phi) is 3.15. The predicted octanol–water partition coefficient (Wildman–Crippen LogP) is 2.30. The average Bonchev–Trinajstić information content (AvgIpc) is 2.65. The first kappa shape index (κ1) is 10.1. The average molecular weight is 230 g/mol. The van der Waals surface area contributed by atoms with Gasteiger partial charge in [0.05, 0.1) is 11.7 Å². The zero-order valence-electron chi connectivity index (χ0n) is 8.03. The Bertz CT molecular complexity index is 348. The highest BCUT2D eigenvalue weighted by Gasteiger charge is 2.16. The van der Waals surface area contributed by atoms with E-state index in [2.05, 4.69) is 26.6 Å². The molecule has 5 heteroatoms. The van der Waals surface area contributed by atoms with Gasteiger partial charge in [-0.1, -0.05) is 24.6 Å². The van der Waals surface area contributed by atoms with E-state index in [1.807, 2.05) is 0 Å². The van der Waals surface area contributed by atoms with E-state index in [0.29, 0.717) is 5.15 Å². The highest BCUT2D eigenvalue weighted by Crippen LogP contribution is 2.25. The molecule has 2 heterocycles.